The van der Waals surface area contributed by atoms with Gasteiger partial charge in [0.15, 0.2) is 5.17 Å². The van der Waals surface area contributed by atoms with Crippen molar-refractivity contribution < 1.29 is 4.79 Å². The quantitative estimate of drug-likeness (QED) is 0.563. The molecule has 27 heavy (non-hydrogen) atoms. The number of thioether (sulfide) groups is 1. The van der Waals surface area contributed by atoms with Crippen LogP contribution in [0.5, 0.6) is 0 Å². The maximum absolute atomic E-state index is 12.6. The fraction of sp³-hybridized carbons (Fsp3) is 0.0435. The van der Waals surface area contributed by atoms with E-state index in [-0.39, 0.29) is 5.91 Å². The summed E-state index contributed by atoms with van der Waals surface area (Å²) in [6, 6.07) is 28.2. The van der Waals surface area contributed by atoms with Crippen LogP contribution in [0.1, 0.15) is 5.56 Å². The van der Waals surface area contributed by atoms with Crippen molar-refractivity contribution in [3.63, 3.8) is 0 Å². The van der Waals surface area contributed by atoms with Crippen LogP contribution in [0.3, 0.4) is 0 Å². The molecule has 1 heterocycles. The van der Waals surface area contributed by atoms with Crippen molar-refractivity contribution in [2.75, 3.05) is 7.05 Å². The average Bonchev–Trinajstić information content (AvgIpc) is 2.98. The maximum Gasteiger partial charge on any atom is 0.266 e. The summed E-state index contributed by atoms with van der Waals surface area (Å²) in [4.78, 5) is 19.4. The molecule has 0 aliphatic carbocycles. The van der Waals surface area contributed by atoms with Gasteiger partial charge >= 0.3 is 0 Å². The highest BCUT2D eigenvalue weighted by atomic mass is 32.2. The largest absolute Gasteiger partial charge is 0.290 e. The van der Waals surface area contributed by atoms with E-state index in [0.717, 1.165) is 16.8 Å². The van der Waals surface area contributed by atoms with Gasteiger partial charge in [0, 0.05) is 7.05 Å². The number of amidine groups is 1. The van der Waals surface area contributed by atoms with Crippen LogP contribution in [-0.4, -0.2) is 23.0 Å². The minimum absolute atomic E-state index is 0.0261. The zero-order valence-electron chi connectivity index (χ0n) is 14.9. The smallest absolute Gasteiger partial charge is 0.266 e. The predicted octanol–water partition coefficient (Wildman–Crippen LogP) is 5.59. The van der Waals surface area contributed by atoms with Gasteiger partial charge in [0.25, 0.3) is 5.91 Å². The summed E-state index contributed by atoms with van der Waals surface area (Å²) in [6.07, 6.45) is 1.92. The number of nitrogens with zero attached hydrogens (tertiary/aromatic N) is 2. The van der Waals surface area contributed by atoms with Gasteiger partial charge in [-0.2, -0.15) is 0 Å². The fourth-order valence-corrected chi connectivity index (χ4v) is 3.81. The standard InChI is InChI=1S/C23H18N2OS/c1-25-22(26)21(27-23(25)24-20-10-6-3-7-11-20)16-17-12-14-19(15-13-17)18-8-4-2-5-9-18/h2-16H,1H3/b21-16-,24-23?. The van der Waals surface area contributed by atoms with E-state index in [1.54, 1.807) is 11.9 Å². The van der Waals surface area contributed by atoms with Crippen molar-refractivity contribution >= 4 is 34.6 Å². The molecule has 3 nitrogen and oxygen atoms in total. The number of carbonyl (C=O) groups is 1. The minimum atomic E-state index is -0.0261. The highest BCUT2D eigenvalue weighted by Gasteiger charge is 2.30. The molecule has 0 spiro atoms. The van der Waals surface area contributed by atoms with Crippen LogP contribution in [0.15, 0.2) is 94.8 Å². The summed E-state index contributed by atoms with van der Waals surface area (Å²) in [5.74, 6) is -0.0261. The van der Waals surface area contributed by atoms with Crippen molar-refractivity contribution in [3.8, 4) is 11.1 Å². The summed E-state index contributed by atoms with van der Waals surface area (Å²) in [7, 11) is 1.76. The van der Waals surface area contributed by atoms with Gasteiger partial charge in [0.1, 0.15) is 0 Å². The number of likely N-dealkylation sites (N-methyl/N-ethyl adjacent to an activating group) is 1. The van der Waals surface area contributed by atoms with E-state index < -0.39 is 0 Å². The first-order valence-corrected chi connectivity index (χ1v) is 9.49. The van der Waals surface area contributed by atoms with Crippen LogP contribution < -0.4 is 0 Å². The second kappa shape index (κ2) is 7.64. The predicted molar refractivity (Wildman–Crippen MR) is 114 cm³/mol. The van der Waals surface area contributed by atoms with Gasteiger partial charge < -0.3 is 0 Å². The molecule has 1 aliphatic heterocycles. The molecule has 1 saturated heterocycles. The number of rotatable bonds is 3. The highest BCUT2D eigenvalue weighted by Crippen LogP contribution is 2.33. The molecule has 1 fully saturated rings. The molecule has 0 unspecified atom stereocenters. The molecule has 0 atom stereocenters. The van der Waals surface area contributed by atoms with Gasteiger partial charge in [-0.05, 0) is 46.7 Å². The van der Waals surface area contributed by atoms with E-state index in [1.165, 1.54) is 17.3 Å². The summed E-state index contributed by atoms with van der Waals surface area (Å²) in [5, 5.41) is 0.693. The lowest BCUT2D eigenvalue weighted by molar-refractivity contribution is -0.121. The van der Waals surface area contributed by atoms with Crippen molar-refractivity contribution in [2.45, 2.75) is 0 Å². The van der Waals surface area contributed by atoms with Crippen molar-refractivity contribution in [2.24, 2.45) is 4.99 Å². The first-order chi connectivity index (χ1) is 13.2. The Morgan fingerprint density at radius 1 is 0.815 bits per heavy atom. The zero-order valence-corrected chi connectivity index (χ0v) is 15.7. The molecule has 0 aromatic heterocycles. The summed E-state index contributed by atoms with van der Waals surface area (Å²) >= 11 is 1.40. The lowest BCUT2D eigenvalue weighted by Gasteiger charge is -2.06. The van der Waals surface area contributed by atoms with Gasteiger partial charge in [0.05, 0.1) is 10.6 Å². The van der Waals surface area contributed by atoms with Crippen LogP contribution in [0.4, 0.5) is 5.69 Å². The van der Waals surface area contributed by atoms with Crippen molar-refractivity contribution in [1.29, 1.82) is 0 Å². The van der Waals surface area contributed by atoms with Gasteiger partial charge in [-0.15, -0.1) is 0 Å². The SMILES string of the molecule is CN1C(=O)/C(=C/c2ccc(-c3ccccc3)cc2)SC1=Nc1ccccc1. The summed E-state index contributed by atoms with van der Waals surface area (Å²) < 4.78 is 0. The Kier molecular flexibility index (Phi) is 4.90. The minimum Gasteiger partial charge on any atom is -0.290 e. The molecule has 0 saturated carbocycles. The molecule has 0 N–H and O–H groups in total. The molecule has 0 radical (unpaired) electrons. The maximum atomic E-state index is 12.6. The lowest BCUT2D eigenvalue weighted by Crippen LogP contribution is -2.23. The molecule has 132 valence electrons. The molecule has 0 bridgehead atoms. The lowest BCUT2D eigenvalue weighted by atomic mass is 10.0. The molecule has 4 rings (SSSR count). The van der Waals surface area contributed by atoms with E-state index in [9.17, 15) is 4.79 Å². The monoisotopic (exact) mass is 370 g/mol. The van der Waals surface area contributed by atoms with Gasteiger partial charge in [-0.3, -0.25) is 9.69 Å². The molecule has 3 aromatic rings. The zero-order chi connectivity index (χ0) is 18.6. The van der Waals surface area contributed by atoms with Gasteiger partial charge in [0.2, 0.25) is 0 Å². The van der Waals surface area contributed by atoms with Crippen LogP contribution in [-0.2, 0) is 4.79 Å². The highest BCUT2D eigenvalue weighted by molar-refractivity contribution is 8.18. The second-order valence-electron chi connectivity index (χ2n) is 6.19. The number of aliphatic imine (C=N–C) groups is 1. The number of carbonyl (C=O) groups excluding carboxylic acids is 1. The summed E-state index contributed by atoms with van der Waals surface area (Å²) in [6.45, 7) is 0. The Bertz CT molecular complexity index is 1010. The average molecular weight is 370 g/mol. The van der Waals surface area contributed by atoms with E-state index >= 15 is 0 Å². The van der Waals surface area contributed by atoms with Crippen LogP contribution in [0.25, 0.3) is 17.2 Å². The molecule has 3 aromatic carbocycles. The number of benzene rings is 3. The molecule has 1 amide bonds. The van der Waals surface area contributed by atoms with Crippen LogP contribution in [0.2, 0.25) is 0 Å². The Balaban J connectivity index is 1.57. The van der Waals surface area contributed by atoms with Crippen LogP contribution >= 0.6 is 11.8 Å². The Morgan fingerprint density at radius 2 is 1.41 bits per heavy atom. The van der Waals surface area contributed by atoms with Crippen molar-refractivity contribution in [1.82, 2.24) is 4.90 Å². The second-order valence-corrected chi connectivity index (χ2v) is 7.20. The Hall–Kier alpha value is -3.11. The molecular weight excluding hydrogens is 352 g/mol. The fourth-order valence-electron chi connectivity index (χ4n) is 2.82. The first kappa shape index (κ1) is 17.3. The number of hydrogen-bond donors (Lipinski definition) is 0. The third kappa shape index (κ3) is 3.86. The van der Waals surface area contributed by atoms with Crippen molar-refractivity contribution in [3.05, 3.63) is 95.4 Å². The van der Waals surface area contributed by atoms with Crippen LogP contribution in [0, 0.1) is 0 Å². The van der Waals surface area contributed by atoms with E-state index in [0.29, 0.717) is 10.1 Å². The number of hydrogen-bond acceptors (Lipinski definition) is 3. The molecular formula is C23H18N2OS. The van der Waals surface area contributed by atoms with Gasteiger partial charge in [-0.25, -0.2) is 4.99 Å². The van der Waals surface area contributed by atoms with E-state index in [2.05, 4.69) is 29.3 Å². The molecule has 4 heteroatoms. The molecule has 1 aliphatic rings. The summed E-state index contributed by atoms with van der Waals surface area (Å²) in [5.41, 5.74) is 4.18. The first-order valence-electron chi connectivity index (χ1n) is 8.67. The van der Waals surface area contributed by atoms with E-state index in [4.69, 9.17) is 0 Å². The Morgan fingerprint density at radius 3 is 2.07 bits per heavy atom. The topological polar surface area (TPSA) is 32.7 Å². The third-order valence-corrected chi connectivity index (χ3v) is 5.36. The third-order valence-electron chi connectivity index (χ3n) is 4.30. The van der Waals surface area contributed by atoms with Gasteiger partial charge in [-0.1, -0.05) is 72.8 Å². The van der Waals surface area contributed by atoms with E-state index in [1.807, 2.05) is 66.7 Å². The number of para-hydroxylation sites is 1. The number of amides is 1. The Labute approximate surface area is 163 Å². The normalized spacial score (nSPS) is 17.1.